The molecule has 0 saturated heterocycles. The minimum absolute atomic E-state index is 0.0743. The van der Waals surface area contributed by atoms with Crippen molar-refractivity contribution in [1.29, 1.82) is 0 Å². The van der Waals surface area contributed by atoms with E-state index in [-0.39, 0.29) is 11.3 Å². The fourth-order valence-corrected chi connectivity index (χ4v) is 3.60. The molecule has 0 fully saturated rings. The molecule has 150 valence electrons. The zero-order valence-electron chi connectivity index (χ0n) is 17.5. The molecular formula is C26H23NO3. The van der Waals surface area contributed by atoms with E-state index in [9.17, 15) is 9.59 Å². The number of rotatable bonds is 3. The van der Waals surface area contributed by atoms with Gasteiger partial charge in [0.15, 0.2) is 5.43 Å². The van der Waals surface area contributed by atoms with Crippen molar-refractivity contribution in [2.24, 2.45) is 0 Å². The van der Waals surface area contributed by atoms with E-state index in [1.165, 1.54) is 6.07 Å². The second-order valence-corrected chi connectivity index (χ2v) is 7.78. The van der Waals surface area contributed by atoms with Crippen molar-refractivity contribution in [2.45, 2.75) is 27.7 Å². The van der Waals surface area contributed by atoms with Gasteiger partial charge in [-0.1, -0.05) is 30.3 Å². The summed E-state index contributed by atoms with van der Waals surface area (Å²) < 4.78 is 6.04. The smallest absolute Gasteiger partial charge is 0.255 e. The molecule has 4 rings (SSSR count). The molecule has 0 radical (unpaired) electrons. The average Bonchev–Trinajstić information content (AvgIpc) is 2.71. The van der Waals surface area contributed by atoms with Crippen molar-refractivity contribution in [2.75, 3.05) is 5.32 Å². The van der Waals surface area contributed by atoms with Crippen LogP contribution in [0.2, 0.25) is 0 Å². The Labute approximate surface area is 175 Å². The van der Waals surface area contributed by atoms with E-state index in [4.69, 9.17) is 4.42 Å². The standard InChI is InChI=1S/C26H23NO3/c1-15-5-6-17(3)22(13-15)27-26(29)20-9-7-19(8-10-20)24-14-23(28)21-12-16(2)11-18(4)25(21)30-24/h5-14H,1-4H3,(H,27,29). The molecule has 1 heterocycles. The summed E-state index contributed by atoms with van der Waals surface area (Å²) >= 11 is 0. The van der Waals surface area contributed by atoms with Crippen molar-refractivity contribution >= 4 is 22.6 Å². The summed E-state index contributed by atoms with van der Waals surface area (Å²) in [5.74, 6) is 0.308. The first-order valence-electron chi connectivity index (χ1n) is 9.86. The summed E-state index contributed by atoms with van der Waals surface area (Å²) in [5.41, 5.74) is 6.65. The van der Waals surface area contributed by atoms with Crippen LogP contribution in [-0.2, 0) is 0 Å². The van der Waals surface area contributed by atoms with Crippen LogP contribution < -0.4 is 10.7 Å². The molecule has 3 aromatic carbocycles. The molecule has 4 nitrogen and oxygen atoms in total. The highest BCUT2D eigenvalue weighted by molar-refractivity contribution is 6.04. The number of aryl methyl sites for hydroxylation is 4. The Morgan fingerprint density at radius 1 is 0.800 bits per heavy atom. The zero-order chi connectivity index (χ0) is 21.4. The number of fused-ring (bicyclic) bond motifs is 1. The van der Waals surface area contributed by atoms with Gasteiger partial charge in [-0.2, -0.15) is 0 Å². The normalized spacial score (nSPS) is 10.9. The van der Waals surface area contributed by atoms with Crippen LogP contribution in [0.15, 0.2) is 69.9 Å². The molecule has 0 saturated carbocycles. The topological polar surface area (TPSA) is 59.3 Å². The molecule has 0 aliphatic rings. The zero-order valence-corrected chi connectivity index (χ0v) is 17.5. The molecule has 0 atom stereocenters. The lowest BCUT2D eigenvalue weighted by Crippen LogP contribution is -2.12. The Kier molecular flexibility index (Phi) is 5.00. The number of hydrogen-bond donors (Lipinski definition) is 1. The van der Waals surface area contributed by atoms with Crippen LogP contribution in [-0.4, -0.2) is 5.91 Å². The highest BCUT2D eigenvalue weighted by Gasteiger charge is 2.12. The second-order valence-electron chi connectivity index (χ2n) is 7.78. The van der Waals surface area contributed by atoms with E-state index in [0.29, 0.717) is 22.3 Å². The molecule has 0 bridgehead atoms. The molecule has 0 aliphatic carbocycles. The summed E-state index contributed by atoms with van der Waals surface area (Å²) in [5, 5.41) is 3.54. The number of benzene rings is 3. The maximum atomic E-state index is 12.6. The first-order chi connectivity index (χ1) is 14.3. The number of anilines is 1. The van der Waals surface area contributed by atoms with Gasteiger partial charge in [0.25, 0.3) is 5.91 Å². The third-order valence-corrected chi connectivity index (χ3v) is 5.23. The van der Waals surface area contributed by atoms with Gasteiger partial charge in [0.2, 0.25) is 0 Å². The Balaban J connectivity index is 1.64. The fraction of sp³-hybridized carbons (Fsp3) is 0.154. The van der Waals surface area contributed by atoms with Crippen molar-refractivity contribution in [3.05, 3.63) is 98.7 Å². The van der Waals surface area contributed by atoms with Gasteiger partial charge in [-0.05, 0) is 74.2 Å². The van der Waals surface area contributed by atoms with E-state index < -0.39 is 0 Å². The van der Waals surface area contributed by atoms with Crippen LogP contribution in [0.3, 0.4) is 0 Å². The summed E-state index contributed by atoms with van der Waals surface area (Å²) in [4.78, 5) is 25.2. The van der Waals surface area contributed by atoms with Crippen molar-refractivity contribution in [3.63, 3.8) is 0 Å². The Morgan fingerprint density at radius 2 is 1.53 bits per heavy atom. The van der Waals surface area contributed by atoms with Crippen molar-refractivity contribution < 1.29 is 9.21 Å². The monoisotopic (exact) mass is 397 g/mol. The Hall–Kier alpha value is -3.66. The van der Waals surface area contributed by atoms with Gasteiger partial charge in [-0.15, -0.1) is 0 Å². The molecule has 4 aromatic rings. The second kappa shape index (κ2) is 7.64. The summed E-state index contributed by atoms with van der Waals surface area (Å²) in [6.07, 6.45) is 0. The number of carbonyl (C=O) groups excluding carboxylic acids is 1. The molecule has 0 aliphatic heterocycles. The highest BCUT2D eigenvalue weighted by atomic mass is 16.3. The van der Waals surface area contributed by atoms with Gasteiger partial charge in [0, 0.05) is 22.9 Å². The Bertz CT molecular complexity index is 1330. The molecule has 1 aromatic heterocycles. The summed E-state index contributed by atoms with van der Waals surface area (Å²) in [6.45, 7) is 7.85. The van der Waals surface area contributed by atoms with Gasteiger partial charge >= 0.3 is 0 Å². The number of nitrogens with one attached hydrogen (secondary N) is 1. The maximum absolute atomic E-state index is 12.6. The lowest BCUT2D eigenvalue weighted by Gasteiger charge is -2.10. The van der Waals surface area contributed by atoms with E-state index >= 15 is 0 Å². The van der Waals surface area contributed by atoms with Crippen LogP contribution >= 0.6 is 0 Å². The van der Waals surface area contributed by atoms with Gasteiger partial charge in [-0.3, -0.25) is 9.59 Å². The fourth-order valence-electron chi connectivity index (χ4n) is 3.60. The first-order valence-corrected chi connectivity index (χ1v) is 9.86. The van der Waals surface area contributed by atoms with Crippen LogP contribution in [0.5, 0.6) is 0 Å². The molecule has 30 heavy (non-hydrogen) atoms. The van der Waals surface area contributed by atoms with Crippen LogP contribution in [0, 0.1) is 27.7 Å². The van der Waals surface area contributed by atoms with Gasteiger partial charge in [-0.25, -0.2) is 0 Å². The molecule has 4 heteroatoms. The first kappa shape index (κ1) is 19.6. The minimum Gasteiger partial charge on any atom is -0.456 e. The lowest BCUT2D eigenvalue weighted by molar-refractivity contribution is 0.102. The van der Waals surface area contributed by atoms with Gasteiger partial charge < -0.3 is 9.73 Å². The Morgan fingerprint density at radius 3 is 2.27 bits per heavy atom. The third-order valence-electron chi connectivity index (χ3n) is 5.23. The molecule has 1 N–H and O–H groups in total. The van der Waals surface area contributed by atoms with Crippen molar-refractivity contribution in [3.8, 4) is 11.3 Å². The van der Waals surface area contributed by atoms with E-state index in [1.54, 1.807) is 24.3 Å². The lowest BCUT2D eigenvalue weighted by atomic mass is 10.1. The van der Waals surface area contributed by atoms with Crippen molar-refractivity contribution in [1.82, 2.24) is 0 Å². The van der Waals surface area contributed by atoms with Crippen LogP contribution in [0.4, 0.5) is 5.69 Å². The quantitative estimate of drug-likeness (QED) is 0.465. The predicted molar refractivity (Wildman–Crippen MR) is 121 cm³/mol. The van der Waals surface area contributed by atoms with Crippen LogP contribution in [0.25, 0.3) is 22.3 Å². The predicted octanol–water partition coefficient (Wildman–Crippen LogP) is 5.95. The summed E-state index contributed by atoms with van der Waals surface area (Å²) in [6, 6.07) is 18.4. The largest absolute Gasteiger partial charge is 0.456 e. The molecular weight excluding hydrogens is 374 g/mol. The number of carbonyl (C=O) groups is 1. The van der Waals surface area contributed by atoms with Crippen LogP contribution in [0.1, 0.15) is 32.6 Å². The van der Waals surface area contributed by atoms with Gasteiger partial charge in [0.1, 0.15) is 11.3 Å². The SMILES string of the molecule is Cc1ccc(C)c(NC(=O)c2ccc(-c3cc(=O)c4cc(C)cc(C)c4o3)cc2)c1. The third kappa shape index (κ3) is 3.77. The molecule has 1 amide bonds. The number of hydrogen-bond acceptors (Lipinski definition) is 3. The maximum Gasteiger partial charge on any atom is 0.255 e. The summed E-state index contributed by atoms with van der Waals surface area (Å²) in [7, 11) is 0. The van der Waals surface area contributed by atoms with Gasteiger partial charge in [0.05, 0.1) is 5.39 Å². The average molecular weight is 397 g/mol. The highest BCUT2D eigenvalue weighted by Crippen LogP contribution is 2.26. The minimum atomic E-state index is -0.179. The van der Waals surface area contributed by atoms with E-state index in [2.05, 4.69) is 5.32 Å². The van der Waals surface area contributed by atoms with E-state index in [0.717, 1.165) is 33.5 Å². The molecule has 0 unspecified atom stereocenters. The van der Waals surface area contributed by atoms with E-state index in [1.807, 2.05) is 58.0 Å². The molecule has 0 spiro atoms. The number of amides is 1.